The molecule has 0 radical (unpaired) electrons. The molecule has 0 aliphatic carbocycles. The molecule has 1 atom stereocenters. The summed E-state index contributed by atoms with van der Waals surface area (Å²) in [6.45, 7) is 5.86. The lowest BCUT2D eigenvalue weighted by molar-refractivity contribution is -0.243. The van der Waals surface area contributed by atoms with E-state index in [1.165, 1.54) is 0 Å². The van der Waals surface area contributed by atoms with Crippen molar-refractivity contribution in [2.24, 2.45) is 5.41 Å². The Morgan fingerprint density at radius 3 is 2.71 bits per heavy atom. The van der Waals surface area contributed by atoms with Crippen LogP contribution in [0, 0.1) is 5.41 Å². The Bertz CT molecular complexity index is 216. The average Bonchev–Trinajstić information content (AvgIpc) is 2.54. The molecule has 0 aromatic carbocycles. The van der Waals surface area contributed by atoms with Gasteiger partial charge in [0.25, 0.3) is 0 Å². The van der Waals surface area contributed by atoms with Crippen LogP contribution in [0.2, 0.25) is 0 Å². The van der Waals surface area contributed by atoms with E-state index >= 15 is 0 Å². The predicted octanol–water partition coefficient (Wildman–Crippen LogP) is 1.07. The predicted molar refractivity (Wildman–Crippen MR) is 50.5 cm³/mol. The minimum atomic E-state index is -1.36. The largest absolute Gasteiger partial charge is 0.465 e. The maximum atomic E-state index is 11.6. The number of ether oxygens (including phenoxy) is 2. The van der Waals surface area contributed by atoms with Gasteiger partial charge in [-0.25, -0.2) is 0 Å². The molecule has 0 spiro atoms. The summed E-state index contributed by atoms with van der Waals surface area (Å²) in [5, 5.41) is 10.1. The molecule has 4 heteroatoms. The van der Waals surface area contributed by atoms with Crippen LogP contribution >= 0.6 is 0 Å². The Labute approximate surface area is 84.2 Å². The van der Waals surface area contributed by atoms with E-state index in [0.717, 1.165) is 6.42 Å². The second-order valence-corrected chi connectivity index (χ2v) is 4.08. The lowest BCUT2D eigenvalue weighted by Crippen LogP contribution is -2.49. The molecule has 4 nitrogen and oxygen atoms in total. The van der Waals surface area contributed by atoms with E-state index in [-0.39, 0.29) is 0 Å². The van der Waals surface area contributed by atoms with Crippen molar-refractivity contribution in [3.05, 3.63) is 0 Å². The third-order valence-electron chi connectivity index (χ3n) is 2.76. The van der Waals surface area contributed by atoms with Crippen molar-refractivity contribution in [2.75, 3.05) is 13.2 Å². The van der Waals surface area contributed by atoms with Crippen LogP contribution in [-0.4, -0.2) is 30.1 Å². The Hall–Kier alpha value is -0.610. The quantitative estimate of drug-likeness (QED) is 0.696. The van der Waals surface area contributed by atoms with Crippen LogP contribution in [0.1, 0.15) is 33.6 Å². The number of hydrogen-bond donors (Lipinski definition) is 1. The third-order valence-corrected chi connectivity index (χ3v) is 2.76. The smallest absolute Gasteiger partial charge is 0.316 e. The van der Waals surface area contributed by atoms with Gasteiger partial charge in [0.1, 0.15) is 5.41 Å². The van der Waals surface area contributed by atoms with Gasteiger partial charge in [0.05, 0.1) is 13.2 Å². The van der Waals surface area contributed by atoms with Crippen molar-refractivity contribution in [1.82, 2.24) is 0 Å². The van der Waals surface area contributed by atoms with Crippen LogP contribution in [0.25, 0.3) is 0 Å². The first kappa shape index (κ1) is 11.5. The molecule has 0 bridgehead atoms. The van der Waals surface area contributed by atoms with Crippen LogP contribution in [0.3, 0.4) is 0 Å². The summed E-state index contributed by atoms with van der Waals surface area (Å²) in [4.78, 5) is 11.6. The Morgan fingerprint density at radius 1 is 1.64 bits per heavy atom. The molecule has 1 fully saturated rings. The molecule has 1 aliphatic heterocycles. The van der Waals surface area contributed by atoms with Gasteiger partial charge in [0.15, 0.2) is 5.79 Å². The van der Waals surface area contributed by atoms with Gasteiger partial charge in [-0.15, -0.1) is 0 Å². The average molecular weight is 202 g/mol. The Balaban J connectivity index is 2.76. The Kier molecular flexibility index (Phi) is 3.17. The topological polar surface area (TPSA) is 55.8 Å². The lowest BCUT2D eigenvalue weighted by atomic mass is 9.81. The summed E-state index contributed by atoms with van der Waals surface area (Å²) in [6, 6.07) is 0. The number of aliphatic hydroxyl groups is 1. The van der Waals surface area contributed by atoms with Crippen molar-refractivity contribution >= 4 is 5.97 Å². The first-order chi connectivity index (χ1) is 6.44. The third kappa shape index (κ3) is 1.77. The summed E-state index contributed by atoms with van der Waals surface area (Å²) in [5.41, 5.74) is -1.00. The molecule has 1 N–H and O–H groups in total. The standard InChI is InChI=1S/C10H18O4/c1-4-13-8(11)9(2,3)10(12)6-5-7-14-10/h12H,4-7H2,1-3H3. The summed E-state index contributed by atoms with van der Waals surface area (Å²) in [6.07, 6.45) is 1.26. The molecule has 14 heavy (non-hydrogen) atoms. The van der Waals surface area contributed by atoms with Crippen molar-refractivity contribution in [1.29, 1.82) is 0 Å². The first-order valence-electron chi connectivity index (χ1n) is 4.97. The van der Waals surface area contributed by atoms with E-state index in [0.29, 0.717) is 19.6 Å². The first-order valence-corrected chi connectivity index (χ1v) is 4.97. The van der Waals surface area contributed by atoms with Crippen molar-refractivity contribution in [2.45, 2.75) is 39.4 Å². The van der Waals surface area contributed by atoms with E-state index in [4.69, 9.17) is 9.47 Å². The van der Waals surface area contributed by atoms with Gasteiger partial charge in [0.2, 0.25) is 0 Å². The molecule has 0 aromatic heterocycles. The number of hydrogen-bond acceptors (Lipinski definition) is 4. The fourth-order valence-electron chi connectivity index (χ4n) is 1.59. The van der Waals surface area contributed by atoms with E-state index < -0.39 is 17.2 Å². The summed E-state index contributed by atoms with van der Waals surface area (Å²) in [7, 11) is 0. The lowest BCUT2D eigenvalue weighted by Gasteiger charge is -2.36. The van der Waals surface area contributed by atoms with Gasteiger partial charge in [-0.1, -0.05) is 0 Å². The van der Waals surface area contributed by atoms with Crippen molar-refractivity contribution < 1.29 is 19.4 Å². The monoisotopic (exact) mass is 202 g/mol. The minimum Gasteiger partial charge on any atom is -0.465 e. The molecule has 1 heterocycles. The Morgan fingerprint density at radius 2 is 2.29 bits per heavy atom. The van der Waals surface area contributed by atoms with Gasteiger partial charge in [-0.2, -0.15) is 0 Å². The minimum absolute atomic E-state index is 0.318. The highest BCUT2D eigenvalue weighted by atomic mass is 16.6. The normalized spacial score (nSPS) is 27.7. The number of esters is 1. The van der Waals surface area contributed by atoms with E-state index in [9.17, 15) is 9.90 Å². The van der Waals surface area contributed by atoms with Gasteiger partial charge >= 0.3 is 5.97 Å². The van der Waals surface area contributed by atoms with Crippen molar-refractivity contribution in [3.8, 4) is 0 Å². The maximum absolute atomic E-state index is 11.6. The molecule has 1 unspecified atom stereocenters. The van der Waals surface area contributed by atoms with Gasteiger partial charge < -0.3 is 14.6 Å². The molecule has 0 aromatic rings. The highest BCUT2D eigenvalue weighted by Crippen LogP contribution is 2.40. The SMILES string of the molecule is CCOC(=O)C(C)(C)C1(O)CCCO1. The van der Waals surface area contributed by atoms with Crippen LogP contribution in [0.5, 0.6) is 0 Å². The molecular formula is C10H18O4. The number of carbonyl (C=O) groups is 1. The van der Waals surface area contributed by atoms with E-state index in [2.05, 4.69) is 0 Å². The van der Waals surface area contributed by atoms with Gasteiger partial charge in [-0.05, 0) is 27.2 Å². The zero-order chi connectivity index (χ0) is 10.8. The molecule has 1 rings (SSSR count). The van der Waals surface area contributed by atoms with Gasteiger partial charge in [0, 0.05) is 6.42 Å². The van der Waals surface area contributed by atoms with Crippen LogP contribution in [0.15, 0.2) is 0 Å². The summed E-state index contributed by atoms with van der Waals surface area (Å²) < 4.78 is 10.1. The maximum Gasteiger partial charge on any atom is 0.316 e. The summed E-state index contributed by atoms with van der Waals surface area (Å²) >= 11 is 0. The fourth-order valence-corrected chi connectivity index (χ4v) is 1.59. The number of rotatable bonds is 3. The zero-order valence-corrected chi connectivity index (χ0v) is 9.00. The van der Waals surface area contributed by atoms with Crippen LogP contribution in [-0.2, 0) is 14.3 Å². The summed E-state index contributed by atoms with van der Waals surface area (Å²) in [5.74, 6) is -1.77. The van der Waals surface area contributed by atoms with Gasteiger partial charge in [-0.3, -0.25) is 4.79 Å². The van der Waals surface area contributed by atoms with E-state index in [1.807, 2.05) is 0 Å². The molecule has 0 amide bonds. The van der Waals surface area contributed by atoms with Crippen molar-refractivity contribution in [3.63, 3.8) is 0 Å². The molecular weight excluding hydrogens is 184 g/mol. The highest BCUT2D eigenvalue weighted by molar-refractivity contribution is 5.77. The number of carbonyl (C=O) groups excluding carboxylic acids is 1. The second kappa shape index (κ2) is 3.87. The zero-order valence-electron chi connectivity index (χ0n) is 9.00. The molecule has 0 saturated carbocycles. The van der Waals surface area contributed by atoms with Crippen LogP contribution in [0.4, 0.5) is 0 Å². The van der Waals surface area contributed by atoms with E-state index in [1.54, 1.807) is 20.8 Å². The fraction of sp³-hybridized carbons (Fsp3) is 0.900. The second-order valence-electron chi connectivity index (χ2n) is 4.08. The molecule has 1 saturated heterocycles. The molecule has 82 valence electrons. The molecule has 1 aliphatic rings. The highest BCUT2D eigenvalue weighted by Gasteiger charge is 2.52. The van der Waals surface area contributed by atoms with Crippen LogP contribution < -0.4 is 0 Å².